The summed E-state index contributed by atoms with van der Waals surface area (Å²) in [6, 6.07) is 14.0. The molecule has 0 atom stereocenters. The van der Waals surface area contributed by atoms with E-state index in [0.717, 1.165) is 11.1 Å². The van der Waals surface area contributed by atoms with Crippen LogP contribution in [0.25, 0.3) is 0 Å². The summed E-state index contributed by atoms with van der Waals surface area (Å²) < 4.78 is 39.2. The Labute approximate surface area is 189 Å². The van der Waals surface area contributed by atoms with Gasteiger partial charge in [0, 0.05) is 13.1 Å². The Morgan fingerprint density at radius 3 is 2.31 bits per heavy atom. The fraction of sp³-hybridized carbons (Fsp3) is 0.350. The predicted molar refractivity (Wildman–Crippen MR) is 126 cm³/mol. The lowest BCUT2D eigenvalue weighted by Gasteiger charge is -2.12. The number of hydrogen-bond acceptors (Lipinski definition) is 3. The fourth-order valence-electron chi connectivity index (χ4n) is 2.56. The van der Waals surface area contributed by atoms with Crippen LogP contribution in [0.1, 0.15) is 23.6 Å². The highest BCUT2D eigenvalue weighted by molar-refractivity contribution is 14.0. The van der Waals surface area contributed by atoms with E-state index in [4.69, 9.17) is 0 Å². The number of nitrogens with zero attached hydrogens (tertiary/aromatic N) is 1. The molecule has 2 aromatic carbocycles. The first kappa shape index (κ1) is 25.3. The monoisotopic (exact) mass is 534 g/mol. The van der Waals surface area contributed by atoms with Gasteiger partial charge in [-0.3, -0.25) is 0 Å². The minimum atomic E-state index is -3.28. The zero-order valence-corrected chi connectivity index (χ0v) is 19.8. The first-order chi connectivity index (χ1) is 13.4. The number of halogens is 2. The van der Waals surface area contributed by atoms with E-state index in [1.165, 1.54) is 13.1 Å². The van der Waals surface area contributed by atoms with Crippen LogP contribution in [-0.2, 0) is 28.7 Å². The van der Waals surface area contributed by atoms with Gasteiger partial charge in [-0.05, 0) is 43.1 Å². The number of aliphatic imine (C=N–C) groups is 1. The lowest BCUT2D eigenvalue weighted by molar-refractivity contribution is 0.587. The topological polar surface area (TPSA) is 82.6 Å². The zero-order valence-electron chi connectivity index (χ0n) is 16.6. The number of guanidine groups is 1. The standard InChI is InChI=1S/C20H27FN4O2S.HI/c1-3-23-20(24-13-12-18-6-4-5-7-19(18)21)25-14-16-8-10-17(11-9-16)15-28(26,27)22-2;/h4-11,22H,3,12-15H2,1-2H3,(H2,23,24,25);1H. The molecule has 2 rings (SSSR count). The molecule has 9 heteroatoms. The number of benzene rings is 2. The summed E-state index contributed by atoms with van der Waals surface area (Å²) in [5, 5.41) is 6.36. The zero-order chi connectivity index (χ0) is 20.4. The van der Waals surface area contributed by atoms with Crippen LogP contribution in [0.4, 0.5) is 4.39 Å². The summed E-state index contributed by atoms with van der Waals surface area (Å²) in [6.45, 7) is 3.71. The molecule has 6 nitrogen and oxygen atoms in total. The van der Waals surface area contributed by atoms with Crippen LogP contribution in [0.3, 0.4) is 0 Å². The summed E-state index contributed by atoms with van der Waals surface area (Å²) in [5.41, 5.74) is 2.35. The summed E-state index contributed by atoms with van der Waals surface area (Å²) in [4.78, 5) is 4.53. The van der Waals surface area contributed by atoms with Gasteiger partial charge in [0.05, 0.1) is 12.3 Å². The Morgan fingerprint density at radius 1 is 1.03 bits per heavy atom. The molecule has 160 valence electrons. The van der Waals surface area contributed by atoms with Gasteiger partial charge >= 0.3 is 0 Å². The Bertz CT molecular complexity index is 890. The molecule has 2 aromatic rings. The molecule has 0 aliphatic rings. The largest absolute Gasteiger partial charge is 0.357 e. The molecule has 3 N–H and O–H groups in total. The van der Waals surface area contributed by atoms with Crippen LogP contribution in [0, 0.1) is 5.82 Å². The van der Waals surface area contributed by atoms with E-state index >= 15 is 0 Å². The Morgan fingerprint density at radius 2 is 1.69 bits per heavy atom. The number of nitrogens with one attached hydrogen (secondary N) is 3. The smallest absolute Gasteiger partial charge is 0.215 e. The Hall–Kier alpha value is -1.72. The third kappa shape index (κ3) is 9.09. The quantitative estimate of drug-likeness (QED) is 0.263. The molecule has 0 heterocycles. The molecular formula is C20H28FIN4O2S. The summed E-state index contributed by atoms with van der Waals surface area (Å²) in [5.74, 6) is 0.403. The molecule has 0 aliphatic carbocycles. The molecule has 0 amide bonds. The van der Waals surface area contributed by atoms with Crippen LogP contribution in [0.5, 0.6) is 0 Å². The predicted octanol–water partition coefficient (Wildman–Crippen LogP) is 2.79. The second kappa shape index (κ2) is 12.8. The second-order valence-electron chi connectivity index (χ2n) is 6.24. The number of hydrogen-bond donors (Lipinski definition) is 3. The number of rotatable bonds is 9. The lowest BCUT2D eigenvalue weighted by Crippen LogP contribution is -2.38. The van der Waals surface area contributed by atoms with Crippen LogP contribution < -0.4 is 15.4 Å². The van der Waals surface area contributed by atoms with Gasteiger partial charge in [0.2, 0.25) is 10.0 Å². The highest BCUT2D eigenvalue weighted by Gasteiger charge is 2.08. The van der Waals surface area contributed by atoms with Crippen LogP contribution in [0.15, 0.2) is 53.5 Å². The SMILES string of the molecule is CCNC(=NCc1ccc(CS(=O)(=O)NC)cc1)NCCc1ccccc1F.I. The fourth-order valence-corrected chi connectivity index (χ4v) is 3.34. The summed E-state index contributed by atoms with van der Waals surface area (Å²) in [6.07, 6.45) is 0.561. The maximum atomic E-state index is 13.7. The molecule has 0 unspecified atom stereocenters. The highest BCUT2D eigenvalue weighted by Crippen LogP contribution is 2.09. The average molecular weight is 534 g/mol. The minimum absolute atomic E-state index is 0. The molecule has 0 spiro atoms. The third-order valence-electron chi connectivity index (χ3n) is 4.10. The summed E-state index contributed by atoms with van der Waals surface area (Å²) in [7, 11) is -1.88. The van der Waals surface area contributed by atoms with E-state index in [1.54, 1.807) is 24.3 Å². The van der Waals surface area contributed by atoms with Gasteiger partial charge in [0.25, 0.3) is 0 Å². The van der Waals surface area contributed by atoms with Crippen molar-refractivity contribution in [2.45, 2.75) is 25.6 Å². The number of sulfonamides is 1. The van der Waals surface area contributed by atoms with E-state index in [9.17, 15) is 12.8 Å². The van der Waals surface area contributed by atoms with Gasteiger partial charge in [-0.15, -0.1) is 24.0 Å². The Balaban J connectivity index is 0.00000420. The molecule has 0 saturated heterocycles. The van der Waals surface area contributed by atoms with Crippen LogP contribution in [0.2, 0.25) is 0 Å². The van der Waals surface area contributed by atoms with E-state index in [-0.39, 0.29) is 35.5 Å². The van der Waals surface area contributed by atoms with Crippen molar-refractivity contribution in [2.75, 3.05) is 20.1 Å². The van der Waals surface area contributed by atoms with Gasteiger partial charge in [-0.1, -0.05) is 42.5 Å². The highest BCUT2D eigenvalue weighted by atomic mass is 127. The van der Waals surface area contributed by atoms with Crippen molar-refractivity contribution in [3.63, 3.8) is 0 Å². The molecule has 0 fully saturated rings. The first-order valence-electron chi connectivity index (χ1n) is 9.18. The van der Waals surface area contributed by atoms with Gasteiger partial charge in [0.1, 0.15) is 5.82 Å². The van der Waals surface area contributed by atoms with Crippen molar-refractivity contribution in [3.05, 3.63) is 71.0 Å². The molecular weight excluding hydrogens is 506 g/mol. The Kier molecular flexibility index (Phi) is 11.1. The third-order valence-corrected chi connectivity index (χ3v) is 5.43. The lowest BCUT2D eigenvalue weighted by atomic mass is 10.1. The van der Waals surface area contributed by atoms with E-state index < -0.39 is 10.0 Å². The van der Waals surface area contributed by atoms with E-state index in [2.05, 4.69) is 20.3 Å². The molecule has 0 aromatic heterocycles. The van der Waals surface area contributed by atoms with Crippen molar-refractivity contribution in [1.82, 2.24) is 15.4 Å². The van der Waals surface area contributed by atoms with Crippen molar-refractivity contribution in [1.29, 1.82) is 0 Å². The normalized spacial score (nSPS) is 11.6. The average Bonchev–Trinajstić information content (AvgIpc) is 2.68. The maximum absolute atomic E-state index is 13.7. The van der Waals surface area contributed by atoms with Gasteiger partial charge in [-0.25, -0.2) is 22.5 Å². The minimum Gasteiger partial charge on any atom is -0.357 e. The van der Waals surface area contributed by atoms with Crippen LogP contribution in [-0.4, -0.2) is 34.5 Å². The van der Waals surface area contributed by atoms with Crippen molar-refractivity contribution in [2.24, 2.45) is 4.99 Å². The molecule has 0 bridgehead atoms. The maximum Gasteiger partial charge on any atom is 0.215 e. The second-order valence-corrected chi connectivity index (χ2v) is 8.17. The van der Waals surface area contributed by atoms with Gasteiger partial charge in [-0.2, -0.15) is 0 Å². The van der Waals surface area contributed by atoms with Gasteiger partial charge < -0.3 is 10.6 Å². The van der Waals surface area contributed by atoms with Crippen molar-refractivity contribution in [3.8, 4) is 0 Å². The molecule has 0 saturated carbocycles. The van der Waals surface area contributed by atoms with E-state index in [0.29, 0.717) is 37.6 Å². The first-order valence-corrected chi connectivity index (χ1v) is 10.8. The molecule has 0 aliphatic heterocycles. The molecule has 0 radical (unpaired) electrons. The summed E-state index contributed by atoms with van der Waals surface area (Å²) >= 11 is 0. The van der Waals surface area contributed by atoms with Crippen LogP contribution >= 0.6 is 24.0 Å². The van der Waals surface area contributed by atoms with E-state index in [1.807, 2.05) is 25.1 Å². The van der Waals surface area contributed by atoms with Crippen molar-refractivity contribution >= 4 is 40.0 Å². The molecule has 29 heavy (non-hydrogen) atoms. The van der Waals surface area contributed by atoms with Crippen molar-refractivity contribution < 1.29 is 12.8 Å². The van der Waals surface area contributed by atoms with Gasteiger partial charge in [0.15, 0.2) is 5.96 Å².